The van der Waals surface area contributed by atoms with Gasteiger partial charge in [0.1, 0.15) is 5.76 Å². The van der Waals surface area contributed by atoms with Gasteiger partial charge in [0.05, 0.1) is 5.41 Å². The standard InChI is InChI=1S/C11H14O4/c1-7-4-5-9(15-7)8(12)6-11(2,3)10(13)14/h4-5H,6H2,1-3H3,(H,13,14). The van der Waals surface area contributed by atoms with Gasteiger partial charge < -0.3 is 9.52 Å². The number of ketones is 1. The molecule has 0 atom stereocenters. The van der Waals surface area contributed by atoms with Gasteiger partial charge >= 0.3 is 5.97 Å². The van der Waals surface area contributed by atoms with Gasteiger partial charge in [-0.15, -0.1) is 0 Å². The van der Waals surface area contributed by atoms with Gasteiger partial charge in [-0.1, -0.05) is 0 Å². The third kappa shape index (κ3) is 2.68. The van der Waals surface area contributed by atoms with Crippen LogP contribution in [0.25, 0.3) is 0 Å². The molecule has 0 unspecified atom stereocenters. The maximum absolute atomic E-state index is 11.6. The molecular weight excluding hydrogens is 196 g/mol. The summed E-state index contributed by atoms with van der Waals surface area (Å²) < 4.78 is 5.13. The van der Waals surface area contributed by atoms with Crippen LogP contribution in [0.3, 0.4) is 0 Å². The molecule has 4 nitrogen and oxygen atoms in total. The van der Waals surface area contributed by atoms with Crippen molar-refractivity contribution < 1.29 is 19.1 Å². The summed E-state index contributed by atoms with van der Waals surface area (Å²) in [7, 11) is 0. The Hall–Kier alpha value is -1.58. The van der Waals surface area contributed by atoms with Crippen LogP contribution in [0.4, 0.5) is 0 Å². The van der Waals surface area contributed by atoms with Crippen LogP contribution >= 0.6 is 0 Å². The molecule has 0 saturated heterocycles. The Kier molecular flexibility index (Phi) is 2.98. The van der Waals surface area contributed by atoms with Crippen LogP contribution in [-0.4, -0.2) is 16.9 Å². The zero-order valence-corrected chi connectivity index (χ0v) is 9.03. The van der Waals surface area contributed by atoms with E-state index in [0.29, 0.717) is 5.76 Å². The van der Waals surface area contributed by atoms with Crippen molar-refractivity contribution in [2.24, 2.45) is 5.41 Å². The Balaban J connectivity index is 2.76. The van der Waals surface area contributed by atoms with E-state index in [2.05, 4.69) is 0 Å². The van der Waals surface area contributed by atoms with E-state index in [9.17, 15) is 9.59 Å². The summed E-state index contributed by atoms with van der Waals surface area (Å²) in [4.78, 5) is 22.4. The fourth-order valence-corrected chi connectivity index (χ4v) is 1.15. The number of Topliss-reactive ketones (excluding diaryl/α,β-unsaturated/α-hetero) is 1. The van der Waals surface area contributed by atoms with Gasteiger partial charge in [0, 0.05) is 6.42 Å². The summed E-state index contributed by atoms with van der Waals surface area (Å²) in [5.74, 6) is -0.400. The lowest BCUT2D eigenvalue weighted by Crippen LogP contribution is -2.26. The monoisotopic (exact) mass is 210 g/mol. The highest BCUT2D eigenvalue weighted by atomic mass is 16.4. The number of aryl methyl sites for hydroxylation is 1. The summed E-state index contributed by atoms with van der Waals surface area (Å²) in [6, 6.07) is 3.25. The van der Waals surface area contributed by atoms with Gasteiger partial charge in [0.25, 0.3) is 0 Å². The topological polar surface area (TPSA) is 67.5 Å². The van der Waals surface area contributed by atoms with E-state index in [1.54, 1.807) is 19.1 Å². The predicted molar refractivity (Wildman–Crippen MR) is 53.8 cm³/mol. The van der Waals surface area contributed by atoms with E-state index in [-0.39, 0.29) is 18.0 Å². The molecule has 1 rings (SSSR count). The Labute approximate surface area is 87.9 Å². The highest BCUT2D eigenvalue weighted by Crippen LogP contribution is 2.23. The van der Waals surface area contributed by atoms with Crippen molar-refractivity contribution in [2.75, 3.05) is 0 Å². The second-order valence-corrected chi connectivity index (χ2v) is 4.20. The Bertz CT molecular complexity index is 387. The van der Waals surface area contributed by atoms with Crippen LogP contribution in [0.1, 0.15) is 36.6 Å². The van der Waals surface area contributed by atoms with Crippen molar-refractivity contribution in [3.8, 4) is 0 Å². The third-order valence-corrected chi connectivity index (χ3v) is 2.20. The van der Waals surface area contributed by atoms with Gasteiger partial charge in [-0.25, -0.2) is 0 Å². The van der Waals surface area contributed by atoms with E-state index >= 15 is 0 Å². The second kappa shape index (κ2) is 3.88. The van der Waals surface area contributed by atoms with Crippen LogP contribution in [0.2, 0.25) is 0 Å². The number of furan rings is 1. The fourth-order valence-electron chi connectivity index (χ4n) is 1.15. The Morgan fingerprint density at radius 1 is 1.40 bits per heavy atom. The highest BCUT2D eigenvalue weighted by Gasteiger charge is 2.31. The third-order valence-electron chi connectivity index (χ3n) is 2.20. The molecule has 0 aliphatic heterocycles. The molecule has 4 heteroatoms. The van der Waals surface area contributed by atoms with Crippen LogP contribution in [0.15, 0.2) is 16.5 Å². The molecule has 0 aliphatic rings. The number of carbonyl (C=O) groups excluding carboxylic acids is 1. The lowest BCUT2D eigenvalue weighted by atomic mass is 9.87. The fraction of sp³-hybridized carbons (Fsp3) is 0.455. The van der Waals surface area contributed by atoms with Gasteiger partial charge in [-0.05, 0) is 32.9 Å². The first-order chi connectivity index (χ1) is 6.83. The van der Waals surface area contributed by atoms with Gasteiger partial charge in [-0.2, -0.15) is 0 Å². The van der Waals surface area contributed by atoms with Crippen molar-refractivity contribution in [3.05, 3.63) is 23.7 Å². The summed E-state index contributed by atoms with van der Waals surface area (Å²) in [6.07, 6.45) is -0.0602. The number of carbonyl (C=O) groups is 2. The molecule has 1 aromatic rings. The first kappa shape index (κ1) is 11.5. The van der Waals surface area contributed by atoms with Crippen molar-refractivity contribution >= 4 is 11.8 Å². The van der Waals surface area contributed by atoms with Gasteiger partial charge in [-0.3, -0.25) is 9.59 Å². The first-order valence-electron chi connectivity index (χ1n) is 4.66. The van der Waals surface area contributed by atoms with Crippen molar-refractivity contribution in [1.82, 2.24) is 0 Å². The molecule has 1 heterocycles. The molecule has 15 heavy (non-hydrogen) atoms. The molecular formula is C11H14O4. The minimum atomic E-state index is -1.06. The second-order valence-electron chi connectivity index (χ2n) is 4.20. The van der Waals surface area contributed by atoms with Gasteiger partial charge in [0.2, 0.25) is 0 Å². The molecule has 0 spiro atoms. The number of hydrogen-bond donors (Lipinski definition) is 1. The molecule has 0 bridgehead atoms. The molecule has 0 saturated carbocycles. The maximum Gasteiger partial charge on any atom is 0.309 e. The largest absolute Gasteiger partial charge is 0.481 e. The first-order valence-corrected chi connectivity index (χ1v) is 4.66. The maximum atomic E-state index is 11.6. The van der Waals surface area contributed by atoms with Crippen molar-refractivity contribution in [3.63, 3.8) is 0 Å². The average Bonchev–Trinajstić information content (AvgIpc) is 2.50. The quantitative estimate of drug-likeness (QED) is 0.774. The average molecular weight is 210 g/mol. The normalized spacial score (nSPS) is 11.4. The highest BCUT2D eigenvalue weighted by molar-refractivity contribution is 5.96. The molecule has 0 aromatic carbocycles. The molecule has 1 aromatic heterocycles. The SMILES string of the molecule is Cc1ccc(C(=O)CC(C)(C)C(=O)O)o1. The summed E-state index contributed by atoms with van der Waals surface area (Å²) in [5.41, 5.74) is -1.06. The zero-order chi connectivity index (χ0) is 11.6. The molecule has 82 valence electrons. The molecule has 0 radical (unpaired) electrons. The van der Waals surface area contributed by atoms with Crippen molar-refractivity contribution in [2.45, 2.75) is 27.2 Å². The number of carboxylic acid groups (broad SMARTS) is 1. The van der Waals surface area contributed by atoms with Crippen LogP contribution in [0.5, 0.6) is 0 Å². The summed E-state index contributed by atoms with van der Waals surface area (Å²) >= 11 is 0. The van der Waals surface area contributed by atoms with E-state index in [0.717, 1.165) is 0 Å². The van der Waals surface area contributed by atoms with Crippen molar-refractivity contribution in [1.29, 1.82) is 0 Å². The van der Waals surface area contributed by atoms with E-state index < -0.39 is 11.4 Å². The molecule has 1 N–H and O–H groups in total. The molecule has 0 aliphatic carbocycles. The Morgan fingerprint density at radius 3 is 2.40 bits per heavy atom. The van der Waals surface area contributed by atoms with E-state index in [1.165, 1.54) is 13.8 Å². The lowest BCUT2D eigenvalue weighted by molar-refractivity contribution is -0.146. The number of aliphatic carboxylic acids is 1. The zero-order valence-electron chi connectivity index (χ0n) is 9.03. The number of rotatable bonds is 4. The van der Waals surface area contributed by atoms with Crippen LogP contribution in [-0.2, 0) is 4.79 Å². The van der Waals surface area contributed by atoms with Crippen LogP contribution < -0.4 is 0 Å². The predicted octanol–water partition coefficient (Wildman–Crippen LogP) is 2.27. The minimum absolute atomic E-state index is 0.0602. The van der Waals surface area contributed by atoms with Crippen LogP contribution in [0, 0.1) is 12.3 Å². The lowest BCUT2D eigenvalue weighted by Gasteiger charge is -2.16. The number of hydrogen-bond acceptors (Lipinski definition) is 3. The van der Waals surface area contributed by atoms with Gasteiger partial charge in [0.15, 0.2) is 11.5 Å². The number of carboxylic acids is 1. The smallest absolute Gasteiger partial charge is 0.309 e. The molecule has 0 fully saturated rings. The minimum Gasteiger partial charge on any atom is -0.481 e. The summed E-state index contributed by atoms with van der Waals surface area (Å²) in [6.45, 7) is 4.77. The van der Waals surface area contributed by atoms with E-state index in [4.69, 9.17) is 9.52 Å². The summed E-state index contributed by atoms with van der Waals surface area (Å²) in [5, 5.41) is 8.86. The molecule has 0 amide bonds. The van der Waals surface area contributed by atoms with E-state index in [1.807, 2.05) is 0 Å². The Morgan fingerprint density at radius 2 is 2.00 bits per heavy atom.